The molecular weight excluding hydrogens is 581 g/mol. The highest BCUT2D eigenvalue weighted by atomic mass is 79.9. The molecule has 0 radical (unpaired) electrons. The van der Waals surface area contributed by atoms with Crippen LogP contribution in [-0.4, -0.2) is 70.7 Å². The van der Waals surface area contributed by atoms with Crippen LogP contribution in [0.25, 0.3) is 6.08 Å². The zero-order valence-electron chi connectivity index (χ0n) is 22.3. The summed E-state index contributed by atoms with van der Waals surface area (Å²) in [4.78, 5) is 28.2. The molecule has 1 aliphatic carbocycles. The Morgan fingerprint density at radius 3 is 2.62 bits per heavy atom. The third kappa shape index (κ3) is 6.10. The summed E-state index contributed by atoms with van der Waals surface area (Å²) in [7, 11) is -0.254. The van der Waals surface area contributed by atoms with Gasteiger partial charge in [-0.25, -0.2) is 0 Å². The van der Waals surface area contributed by atoms with E-state index >= 15 is 0 Å². The third-order valence-electron chi connectivity index (χ3n) is 7.69. The van der Waals surface area contributed by atoms with E-state index in [9.17, 15) is 35.0 Å². The number of carbonyl (C=O) groups excluding carboxylic acids is 2. The Morgan fingerprint density at radius 2 is 1.95 bits per heavy atom. The molecule has 1 saturated heterocycles. The Hall–Kier alpha value is -2.80. The average Bonchev–Trinajstić information content (AvgIpc) is 3.17. The lowest BCUT2D eigenvalue weighted by Crippen LogP contribution is -2.39. The molecule has 40 heavy (non-hydrogen) atoms. The summed E-state index contributed by atoms with van der Waals surface area (Å²) in [5, 5.41) is 51.1. The Morgan fingerprint density at radius 1 is 1.20 bits per heavy atom. The number of methoxy groups -OCH3 is 1. The summed E-state index contributed by atoms with van der Waals surface area (Å²) < 4.78 is 6.21. The number of aliphatic hydroxyl groups excluding tert-OH is 2. The fourth-order valence-electron chi connectivity index (χ4n) is 5.84. The van der Waals surface area contributed by atoms with Crippen molar-refractivity contribution >= 4 is 52.1 Å². The molecule has 1 aliphatic heterocycles. The van der Waals surface area contributed by atoms with Gasteiger partial charge in [-0.15, -0.1) is 0 Å². The van der Waals surface area contributed by atoms with Crippen molar-refractivity contribution < 1.29 is 39.7 Å². The summed E-state index contributed by atoms with van der Waals surface area (Å²) in [6.07, 6.45) is 1.83. The van der Waals surface area contributed by atoms with E-state index in [0.717, 1.165) is 14.9 Å². The van der Waals surface area contributed by atoms with E-state index in [-0.39, 0.29) is 29.9 Å². The van der Waals surface area contributed by atoms with Crippen LogP contribution in [-0.2, 0) is 14.3 Å². The van der Waals surface area contributed by atoms with E-state index in [1.54, 1.807) is 24.3 Å². The second-order valence-corrected chi connectivity index (χ2v) is 11.3. The standard InChI is InChI=1S/C29H33BBrNO8/c1-16(10-17-11-20(31)7-9-24(17)34)6-8-25(35)26-18(15-40-2)12-22-27(23(26)14-33)29(37)32(28(22)36)21-5-3-4-19(13-21)30(38)39/h3-5,7,9-11,13,22-23,25,27,33-35,38-39H,6,8,12,14-15H2,1-2H3/b16-10+/t22-,23+,25-,27-/m1/s1. The number of hydrogen-bond donors (Lipinski definition) is 5. The number of phenolic OH excluding ortho intramolecular Hbond substituents is 1. The maximum Gasteiger partial charge on any atom is 0.488 e. The number of fused-ring (bicyclic) bond motifs is 1. The van der Waals surface area contributed by atoms with Crippen molar-refractivity contribution in [3.8, 4) is 5.75 Å². The van der Waals surface area contributed by atoms with Crippen LogP contribution in [0, 0.1) is 17.8 Å². The van der Waals surface area contributed by atoms with Crippen molar-refractivity contribution in [2.75, 3.05) is 25.2 Å². The largest absolute Gasteiger partial charge is 0.507 e. The van der Waals surface area contributed by atoms with E-state index < -0.39 is 49.4 Å². The Bertz CT molecular complexity index is 1340. The topological polar surface area (TPSA) is 148 Å². The molecule has 4 atom stereocenters. The first-order valence-electron chi connectivity index (χ1n) is 13.1. The van der Waals surface area contributed by atoms with Crippen molar-refractivity contribution in [1.29, 1.82) is 0 Å². The molecular formula is C29H33BBrNO8. The number of anilines is 1. The molecule has 9 nitrogen and oxygen atoms in total. The predicted molar refractivity (Wildman–Crippen MR) is 155 cm³/mol. The Balaban J connectivity index is 1.60. The average molecular weight is 614 g/mol. The minimum atomic E-state index is -1.76. The van der Waals surface area contributed by atoms with Gasteiger partial charge >= 0.3 is 7.12 Å². The molecule has 4 rings (SSSR count). The van der Waals surface area contributed by atoms with Gasteiger partial charge in [-0.2, -0.15) is 0 Å². The highest BCUT2D eigenvalue weighted by Gasteiger charge is 2.55. The summed E-state index contributed by atoms with van der Waals surface area (Å²) in [6, 6.07) is 11.1. The van der Waals surface area contributed by atoms with Crippen molar-refractivity contribution in [3.05, 3.63) is 69.2 Å². The molecule has 5 N–H and O–H groups in total. The Kier molecular flexibility index (Phi) is 9.66. The van der Waals surface area contributed by atoms with E-state index in [1.807, 2.05) is 13.0 Å². The van der Waals surface area contributed by atoms with Crippen molar-refractivity contribution in [1.82, 2.24) is 0 Å². The Labute approximate surface area is 241 Å². The number of imide groups is 1. The molecule has 0 aromatic heterocycles. The number of benzene rings is 2. The molecule has 0 spiro atoms. The zero-order valence-corrected chi connectivity index (χ0v) is 23.9. The van der Waals surface area contributed by atoms with Crippen LogP contribution in [0.5, 0.6) is 5.75 Å². The maximum absolute atomic E-state index is 13.7. The van der Waals surface area contributed by atoms with Crippen molar-refractivity contribution in [2.24, 2.45) is 17.8 Å². The molecule has 0 saturated carbocycles. The van der Waals surface area contributed by atoms with Crippen LogP contribution in [0.2, 0.25) is 0 Å². The summed E-state index contributed by atoms with van der Waals surface area (Å²) >= 11 is 3.40. The van der Waals surface area contributed by atoms with Crippen LogP contribution in [0.1, 0.15) is 31.7 Å². The monoisotopic (exact) mass is 613 g/mol. The molecule has 2 aromatic rings. The maximum atomic E-state index is 13.7. The van der Waals surface area contributed by atoms with Crippen molar-refractivity contribution in [3.63, 3.8) is 0 Å². The lowest BCUT2D eigenvalue weighted by Gasteiger charge is -2.36. The second kappa shape index (κ2) is 12.8. The molecule has 212 valence electrons. The normalized spacial score (nSPS) is 22.1. The SMILES string of the molecule is COCC1=C([C@H](O)CC/C(C)=C/c2cc(Br)ccc2O)[C@H](CO)[C@@H]2C(=O)N(c3cccc(B(O)O)c3)C(=O)[C@@H]2C1. The van der Waals surface area contributed by atoms with E-state index in [1.165, 1.54) is 25.3 Å². The first kappa shape index (κ1) is 30.2. The van der Waals surface area contributed by atoms with Crippen LogP contribution in [0.4, 0.5) is 5.69 Å². The summed E-state index contributed by atoms with van der Waals surface area (Å²) in [5.74, 6) is -3.20. The van der Waals surface area contributed by atoms with Gasteiger partial charge in [0.15, 0.2) is 0 Å². The van der Waals surface area contributed by atoms with Crippen molar-refractivity contribution in [2.45, 2.75) is 32.3 Å². The van der Waals surface area contributed by atoms with Gasteiger partial charge < -0.3 is 30.1 Å². The van der Waals surface area contributed by atoms with E-state index in [2.05, 4.69) is 15.9 Å². The van der Waals surface area contributed by atoms with Gasteiger partial charge in [-0.05, 0) is 73.1 Å². The quantitative estimate of drug-likeness (QED) is 0.156. The number of aliphatic hydroxyl groups is 2. The lowest BCUT2D eigenvalue weighted by molar-refractivity contribution is -0.123. The van der Waals surface area contributed by atoms with Crippen LogP contribution in [0.3, 0.4) is 0 Å². The minimum absolute atomic E-state index is 0.139. The number of halogens is 1. The minimum Gasteiger partial charge on any atom is -0.507 e. The van der Waals surface area contributed by atoms with Gasteiger partial charge in [0.05, 0.1) is 36.8 Å². The van der Waals surface area contributed by atoms with Gasteiger partial charge in [0.25, 0.3) is 0 Å². The highest BCUT2D eigenvalue weighted by Crippen LogP contribution is 2.47. The fourth-order valence-corrected chi connectivity index (χ4v) is 6.22. The van der Waals surface area contributed by atoms with Crippen LogP contribution < -0.4 is 10.4 Å². The lowest BCUT2D eigenvalue weighted by atomic mass is 9.68. The molecule has 2 amide bonds. The smallest absolute Gasteiger partial charge is 0.488 e. The predicted octanol–water partition coefficient (Wildman–Crippen LogP) is 2.14. The molecule has 1 fully saturated rings. The number of rotatable bonds is 10. The zero-order chi connectivity index (χ0) is 29.1. The first-order chi connectivity index (χ1) is 19.1. The second-order valence-electron chi connectivity index (χ2n) is 10.3. The molecule has 0 unspecified atom stereocenters. The number of phenols is 1. The number of amides is 2. The molecule has 1 heterocycles. The van der Waals surface area contributed by atoms with Gasteiger partial charge in [-0.3, -0.25) is 14.5 Å². The number of ether oxygens (including phenoxy) is 1. The number of nitrogens with zero attached hydrogens (tertiary/aromatic N) is 1. The molecule has 2 aromatic carbocycles. The summed E-state index contributed by atoms with van der Waals surface area (Å²) in [6.45, 7) is 1.59. The van der Waals surface area contributed by atoms with Crippen LogP contribution in [0.15, 0.2) is 63.7 Å². The molecule has 11 heteroatoms. The number of hydrogen-bond acceptors (Lipinski definition) is 8. The molecule has 0 bridgehead atoms. The highest BCUT2D eigenvalue weighted by molar-refractivity contribution is 9.10. The van der Waals surface area contributed by atoms with Gasteiger partial charge in [0, 0.05) is 23.1 Å². The number of allylic oxidation sites excluding steroid dienone is 1. The van der Waals surface area contributed by atoms with Gasteiger partial charge in [0.1, 0.15) is 5.75 Å². The number of carbonyl (C=O) groups is 2. The van der Waals surface area contributed by atoms with Crippen LogP contribution >= 0.6 is 15.9 Å². The van der Waals surface area contributed by atoms with Gasteiger partial charge in [-0.1, -0.05) is 39.7 Å². The van der Waals surface area contributed by atoms with E-state index in [4.69, 9.17) is 4.74 Å². The molecule has 2 aliphatic rings. The summed E-state index contributed by atoms with van der Waals surface area (Å²) in [5.41, 5.74) is 3.12. The third-order valence-corrected chi connectivity index (χ3v) is 8.18. The number of aromatic hydroxyl groups is 1. The van der Waals surface area contributed by atoms with Gasteiger partial charge in [0.2, 0.25) is 11.8 Å². The first-order valence-corrected chi connectivity index (χ1v) is 13.9. The fraction of sp³-hybridized carbons (Fsp3) is 0.379. The van der Waals surface area contributed by atoms with E-state index in [0.29, 0.717) is 29.6 Å².